The normalized spacial score (nSPS) is 14.1. The van der Waals surface area contributed by atoms with Crippen LogP contribution < -0.4 is 10.6 Å². The van der Waals surface area contributed by atoms with E-state index in [-0.39, 0.29) is 0 Å². The van der Waals surface area contributed by atoms with Gasteiger partial charge < -0.3 is 15.1 Å². The molecule has 0 radical (unpaired) electrons. The lowest BCUT2D eigenvalue weighted by atomic mass is 10.1. The van der Waals surface area contributed by atoms with Gasteiger partial charge in [-0.05, 0) is 43.2 Å². The number of nitrogens with two attached hydrogens (primary N) is 1. The quantitative estimate of drug-likeness (QED) is 0.851. The van der Waals surface area contributed by atoms with Crippen LogP contribution in [0, 0.1) is 11.3 Å². The van der Waals surface area contributed by atoms with Crippen LogP contribution in [0.4, 0.5) is 11.4 Å². The van der Waals surface area contributed by atoms with Gasteiger partial charge in [0.05, 0.1) is 24.1 Å². The minimum atomic E-state index is 0.525. The summed E-state index contributed by atoms with van der Waals surface area (Å²) in [5, 5.41) is 8.92. The van der Waals surface area contributed by atoms with E-state index in [9.17, 15) is 0 Å². The van der Waals surface area contributed by atoms with Gasteiger partial charge in [-0.3, -0.25) is 0 Å². The van der Waals surface area contributed by atoms with Crippen molar-refractivity contribution in [2.75, 3.05) is 10.6 Å². The molecule has 0 amide bonds. The molecule has 3 rings (SSSR count). The molecule has 2 aromatic rings. The molecular weight excluding hydrogens is 238 g/mol. The molecule has 19 heavy (non-hydrogen) atoms. The smallest absolute Gasteiger partial charge is 0.123 e. The van der Waals surface area contributed by atoms with Gasteiger partial charge >= 0.3 is 0 Å². The first kappa shape index (κ1) is 11.7. The van der Waals surface area contributed by atoms with Gasteiger partial charge in [-0.2, -0.15) is 5.26 Å². The Morgan fingerprint density at radius 2 is 2.21 bits per heavy atom. The Hall–Kier alpha value is -2.41. The molecule has 0 atom stereocenters. The molecule has 0 aliphatic heterocycles. The van der Waals surface area contributed by atoms with Crippen molar-refractivity contribution in [1.82, 2.24) is 0 Å². The van der Waals surface area contributed by atoms with E-state index in [1.165, 1.54) is 12.8 Å². The van der Waals surface area contributed by atoms with Crippen LogP contribution in [0.15, 0.2) is 41.0 Å². The van der Waals surface area contributed by atoms with Gasteiger partial charge in [0.15, 0.2) is 0 Å². The average molecular weight is 253 g/mol. The van der Waals surface area contributed by atoms with Gasteiger partial charge in [-0.25, -0.2) is 0 Å². The molecule has 1 saturated carbocycles. The van der Waals surface area contributed by atoms with Gasteiger partial charge in [0.25, 0.3) is 0 Å². The van der Waals surface area contributed by atoms with Crippen LogP contribution in [-0.4, -0.2) is 6.04 Å². The average Bonchev–Trinajstić information content (AvgIpc) is 3.13. The minimum Gasteiger partial charge on any atom is -0.467 e. The summed E-state index contributed by atoms with van der Waals surface area (Å²) >= 11 is 0. The molecule has 0 spiro atoms. The van der Waals surface area contributed by atoms with Crippen molar-refractivity contribution in [2.24, 2.45) is 0 Å². The van der Waals surface area contributed by atoms with Gasteiger partial charge in [0.2, 0.25) is 0 Å². The lowest BCUT2D eigenvalue weighted by Gasteiger charge is -2.24. The second kappa shape index (κ2) is 4.69. The molecule has 0 saturated heterocycles. The highest BCUT2D eigenvalue weighted by Gasteiger charge is 2.30. The molecule has 1 aliphatic rings. The largest absolute Gasteiger partial charge is 0.467 e. The van der Waals surface area contributed by atoms with Crippen molar-refractivity contribution < 1.29 is 4.42 Å². The van der Waals surface area contributed by atoms with Crippen molar-refractivity contribution in [2.45, 2.75) is 25.4 Å². The van der Waals surface area contributed by atoms with Crippen molar-refractivity contribution >= 4 is 11.4 Å². The minimum absolute atomic E-state index is 0.525. The summed E-state index contributed by atoms with van der Waals surface area (Å²) in [6.45, 7) is 0.739. The fourth-order valence-corrected chi connectivity index (χ4v) is 2.22. The van der Waals surface area contributed by atoms with Crippen LogP contribution >= 0.6 is 0 Å². The zero-order valence-corrected chi connectivity index (χ0v) is 10.5. The molecule has 0 bridgehead atoms. The SMILES string of the molecule is N#Cc1ccc(N(Cc2ccco2)C2CC2)cc1N. The maximum atomic E-state index is 8.92. The summed E-state index contributed by atoms with van der Waals surface area (Å²) in [5.74, 6) is 0.940. The van der Waals surface area contributed by atoms with E-state index >= 15 is 0 Å². The zero-order valence-electron chi connectivity index (χ0n) is 10.5. The fraction of sp³-hybridized carbons (Fsp3) is 0.267. The van der Waals surface area contributed by atoms with E-state index in [0.717, 1.165) is 18.0 Å². The molecule has 1 aliphatic carbocycles. The van der Waals surface area contributed by atoms with Gasteiger partial charge in [0.1, 0.15) is 11.8 Å². The third-order valence-corrected chi connectivity index (χ3v) is 3.38. The summed E-state index contributed by atoms with van der Waals surface area (Å²) in [7, 11) is 0. The number of furan rings is 1. The molecule has 1 aromatic heterocycles. The highest BCUT2D eigenvalue weighted by atomic mass is 16.3. The number of benzene rings is 1. The van der Waals surface area contributed by atoms with Crippen molar-refractivity contribution in [1.29, 1.82) is 5.26 Å². The third kappa shape index (κ3) is 2.41. The monoisotopic (exact) mass is 253 g/mol. The molecule has 96 valence electrons. The van der Waals surface area contributed by atoms with Crippen molar-refractivity contribution in [3.8, 4) is 6.07 Å². The molecule has 1 heterocycles. The van der Waals surface area contributed by atoms with E-state index in [1.54, 1.807) is 12.3 Å². The summed E-state index contributed by atoms with van der Waals surface area (Å²) in [6, 6.07) is 12.1. The van der Waals surface area contributed by atoms with Crippen molar-refractivity contribution in [3.63, 3.8) is 0 Å². The second-order valence-corrected chi connectivity index (χ2v) is 4.82. The number of anilines is 2. The lowest BCUT2D eigenvalue weighted by Crippen LogP contribution is -2.24. The number of nitrogen functional groups attached to an aromatic ring is 1. The standard InChI is InChI=1S/C15H15N3O/c16-9-11-3-4-13(8-15(11)17)18(12-5-6-12)10-14-2-1-7-19-14/h1-4,7-8,12H,5-6,10,17H2. The van der Waals surface area contributed by atoms with Crippen LogP contribution in [0.1, 0.15) is 24.2 Å². The molecule has 2 N–H and O–H groups in total. The van der Waals surface area contributed by atoms with E-state index in [0.29, 0.717) is 17.3 Å². The maximum Gasteiger partial charge on any atom is 0.123 e. The molecule has 1 fully saturated rings. The Bertz CT molecular complexity index is 609. The Morgan fingerprint density at radius 1 is 1.37 bits per heavy atom. The number of nitriles is 1. The lowest BCUT2D eigenvalue weighted by molar-refractivity contribution is 0.501. The Balaban J connectivity index is 1.88. The molecule has 4 nitrogen and oxygen atoms in total. The molecule has 1 aromatic carbocycles. The maximum absolute atomic E-state index is 8.92. The van der Waals surface area contributed by atoms with Gasteiger partial charge in [0, 0.05) is 11.7 Å². The summed E-state index contributed by atoms with van der Waals surface area (Å²) in [5.41, 5.74) is 8.00. The summed E-state index contributed by atoms with van der Waals surface area (Å²) < 4.78 is 5.41. The Morgan fingerprint density at radius 3 is 2.79 bits per heavy atom. The third-order valence-electron chi connectivity index (χ3n) is 3.38. The molecule has 0 unspecified atom stereocenters. The van der Waals surface area contributed by atoms with E-state index in [1.807, 2.05) is 24.3 Å². The zero-order chi connectivity index (χ0) is 13.2. The summed E-state index contributed by atoms with van der Waals surface area (Å²) in [4.78, 5) is 2.29. The van der Waals surface area contributed by atoms with Crippen LogP contribution in [0.2, 0.25) is 0 Å². The predicted molar refractivity (Wildman–Crippen MR) is 73.5 cm³/mol. The van der Waals surface area contributed by atoms with Crippen LogP contribution in [0.25, 0.3) is 0 Å². The van der Waals surface area contributed by atoms with Crippen LogP contribution in [-0.2, 0) is 6.54 Å². The van der Waals surface area contributed by atoms with Crippen LogP contribution in [0.3, 0.4) is 0 Å². The van der Waals surface area contributed by atoms with E-state index in [2.05, 4.69) is 11.0 Å². The van der Waals surface area contributed by atoms with Crippen LogP contribution in [0.5, 0.6) is 0 Å². The van der Waals surface area contributed by atoms with Crippen molar-refractivity contribution in [3.05, 3.63) is 47.9 Å². The molecule has 4 heteroatoms. The fourth-order valence-electron chi connectivity index (χ4n) is 2.22. The summed E-state index contributed by atoms with van der Waals surface area (Å²) in [6.07, 6.45) is 4.08. The second-order valence-electron chi connectivity index (χ2n) is 4.82. The number of nitrogens with zero attached hydrogens (tertiary/aromatic N) is 2. The highest BCUT2D eigenvalue weighted by Crippen LogP contribution is 2.34. The number of rotatable bonds is 4. The van der Waals surface area contributed by atoms with Gasteiger partial charge in [-0.1, -0.05) is 0 Å². The first-order valence-electron chi connectivity index (χ1n) is 6.36. The Labute approximate surface area is 112 Å². The first-order valence-corrected chi connectivity index (χ1v) is 6.36. The molecular formula is C15H15N3O. The highest BCUT2D eigenvalue weighted by molar-refractivity contribution is 5.64. The number of hydrogen-bond donors (Lipinski definition) is 1. The Kier molecular flexibility index (Phi) is 2.88. The van der Waals surface area contributed by atoms with E-state index < -0.39 is 0 Å². The predicted octanol–water partition coefficient (Wildman–Crippen LogP) is 2.90. The topological polar surface area (TPSA) is 66.2 Å². The first-order chi connectivity index (χ1) is 9.28. The van der Waals surface area contributed by atoms with E-state index in [4.69, 9.17) is 15.4 Å². The number of hydrogen-bond acceptors (Lipinski definition) is 4. The van der Waals surface area contributed by atoms with Gasteiger partial charge in [-0.15, -0.1) is 0 Å².